The van der Waals surface area contributed by atoms with Crippen LogP contribution >= 0.6 is 0 Å². The van der Waals surface area contributed by atoms with E-state index in [-0.39, 0.29) is 12.0 Å². The van der Waals surface area contributed by atoms with Crippen LogP contribution in [0.1, 0.15) is 11.1 Å². The highest BCUT2D eigenvalue weighted by Crippen LogP contribution is 2.43. The van der Waals surface area contributed by atoms with Gasteiger partial charge in [-0.15, -0.1) is 0 Å². The number of pyridine rings is 1. The molecule has 190 valence electrons. The van der Waals surface area contributed by atoms with Crippen molar-refractivity contribution in [1.29, 1.82) is 0 Å². The van der Waals surface area contributed by atoms with Crippen LogP contribution in [-0.4, -0.2) is 81.5 Å². The summed E-state index contributed by atoms with van der Waals surface area (Å²) >= 11 is 0. The largest absolute Gasteiger partial charge is 0.493 e. The Morgan fingerprint density at radius 3 is 2.50 bits per heavy atom. The molecule has 0 aliphatic carbocycles. The monoisotopic (exact) mass is 489 g/mol. The molecule has 5 rings (SSSR count). The van der Waals surface area contributed by atoms with E-state index in [0.717, 1.165) is 61.7 Å². The van der Waals surface area contributed by atoms with Crippen LogP contribution in [0.2, 0.25) is 0 Å². The quantitative estimate of drug-likeness (QED) is 0.472. The van der Waals surface area contributed by atoms with E-state index in [1.54, 1.807) is 21.3 Å². The Bertz CT molecular complexity index is 1220. The molecule has 7 heteroatoms. The van der Waals surface area contributed by atoms with Crippen molar-refractivity contribution >= 4 is 16.5 Å². The Morgan fingerprint density at radius 2 is 1.75 bits per heavy atom. The zero-order valence-electron chi connectivity index (χ0n) is 21.4. The van der Waals surface area contributed by atoms with Crippen LogP contribution < -0.4 is 14.2 Å². The van der Waals surface area contributed by atoms with Crippen molar-refractivity contribution in [1.82, 2.24) is 14.8 Å². The molecule has 1 saturated heterocycles. The van der Waals surface area contributed by atoms with Gasteiger partial charge in [0, 0.05) is 75.5 Å². The molecule has 1 aromatic heterocycles. The second-order valence-corrected chi connectivity index (χ2v) is 9.53. The van der Waals surface area contributed by atoms with E-state index in [2.05, 4.69) is 45.6 Å². The Kier molecular flexibility index (Phi) is 7.41. The SMILES string of the molecule is C=C1c2cc(OC)c(OC)cc2OCC1C(CN1CCN(Cc2ccc3ncccc3c2)CC1)OC. The maximum Gasteiger partial charge on any atom is 0.164 e. The van der Waals surface area contributed by atoms with Gasteiger partial charge in [-0.2, -0.15) is 0 Å². The van der Waals surface area contributed by atoms with Gasteiger partial charge in [-0.3, -0.25) is 14.8 Å². The molecule has 3 aromatic rings. The van der Waals surface area contributed by atoms with E-state index in [4.69, 9.17) is 18.9 Å². The van der Waals surface area contributed by atoms with Gasteiger partial charge in [0.2, 0.25) is 0 Å². The summed E-state index contributed by atoms with van der Waals surface area (Å²) in [6.45, 7) is 10.9. The van der Waals surface area contributed by atoms with Crippen LogP contribution in [0.3, 0.4) is 0 Å². The van der Waals surface area contributed by atoms with E-state index >= 15 is 0 Å². The summed E-state index contributed by atoms with van der Waals surface area (Å²) < 4.78 is 23.0. The molecule has 7 nitrogen and oxygen atoms in total. The maximum atomic E-state index is 6.13. The number of rotatable bonds is 8. The predicted molar refractivity (Wildman–Crippen MR) is 142 cm³/mol. The van der Waals surface area contributed by atoms with Gasteiger partial charge in [-0.1, -0.05) is 18.7 Å². The van der Waals surface area contributed by atoms with E-state index in [1.165, 1.54) is 10.9 Å². The lowest BCUT2D eigenvalue weighted by Crippen LogP contribution is -2.50. The lowest BCUT2D eigenvalue weighted by Gasteiger charge is -2.39. The zero-order chi connectivity index (χ0) is 25.1. The van der Waals surface area contributed by atoms with Gasteiger partial charge in [0.15, 0.2) is 11.5 Å². The van der Waals surface area contributed by atoms with Gasteiger partial charge in [0.25, 0.3) is 0 Å². The highest BCUT2D eigenvalue weighted by molar-refractivity contribution is 5.79. The number of aromatic nitrogens is 1. The normalized spacial score (nSPS) is 19.5. The molecule has 36 heavy (non-hydrogen) atoms. The maximum absolute atomic E-state index is 6.13. The molecule has 2 aliphatic rings. The van der Waals surface area contributed by atoms with Crippen LogP contribution in [0.15, 0.2) is 55.2 Å². The summed E-state index contributed by atoms with van der Waals surface area (Å²) in [5.41, 5.74) is 4.36. The van der Waals surface area contributed by atoms with Gasteiger partial charge in [-0.05, 0) is 35.4 Å². The number of nitrogens with zero attached hydrogens (tertiary/aromatic N) is 3. The zero-order valence-corrected chi connectivity index (χ0v) is 21.4. The molecule has 3 heterocycles. The van der Waals surface area contributed by atoms with Crippen molar-refractivity contribution in [2.75, 3.05) is 60.7 Å². The highest BCUT2D eigenvalue weighted by Gasteiger charge is 2.33. The Hall–Kier alpha value is -3.13. The summed E-state index contributed by atoms with van der Waals surface area (Å²) in [5.74, 6) is 2.19. The van der Waals surface area contributed by atoms with E-state index in [1.807, 2.05) is 24.4 Å². The molecule has 1 fully saturated rings. The number of ether oxygens (including phenoxy) is 4. The van der Waals surface area contributed by atoms with Crippen LogP contribution in [0.25, 0.3) is 16.5 Å². The molecule has 0 saturated carbocycles. The van der Waals surface area contributed by atoms with Crippen LogP contribution in [0, 0.1) is 5.92 Å². The average molecular weight is 490 g/mol. The number of methoxy groups -OCH3 is 3. The smallest absolute Gasteiger partial charge is 0.164 e. The first kappa shape index (κ1) is 24.6. The van der Waals surface area contributed by atoms with Gasteiger partial charge in [0.1, 0.15) is 5.75 Å². The molecular formula is C29H35N3O4. The molecule has 0 N–H and O–H groups in total. The van der Waals surface area contributed by atoms with E-state index in [0.29, 0.717) is 18.1 Å². The van der Waals surface area contributed by atoms with Crippen LogP contribution in [-0.2, 0) is 11.3 Å². The standard InChI is InChI=1S/C29H35N3O4/c1-20-23-15-27(33-2)28(34-3)16-26(23)36-19-24(20)29(35-4)18-32-12-10-31(11-13-32)17-21-7-8-25-22(14-21)6-5-9-30-25/h5-9,14-16,24,29H,1,10-13,17-19H2,2-4H3. The summed E-state index contributed by atoms with van der Waals surface area (Å²) in [6.07, 6.45) is 1.84. The molecule has 0 radical (unpaired) electrons. The van der Waals surface area contributed by atoms with Crippen molar-refractivity contribution in [2.24, 2.45) is 5.92 Å². The second kappa shape index (κ2) is 10.9. The number of hydrogen-bond donors (Lipinski definition) is 0. The number of hydrogen-bond acceptors (Lipinski definition) is 7. The summed E-state index contributed by atoms with van der Waals surface area (Å²) in [6, 6.07) is 14.5. The predicted octanol–water partition coefficient (Wildman–Crippen LogP) is 4.11. The fraction of sp³-hybridized carbons (Fsp3) is 0.414. The lowest BCUT2D eigenvalue weighted by molar-refractivity contribution is 0.00905. The number of piperazine rings is 1. The average Bonchev–Trinajstić information content (AvgIpc) is 2.92. The Labute approximate surface area is 213 Å². The minimum atomic E-state index is -0.00159. The third-order valence-corrected chi connectivity index (χ3v) is 7.43. The number of fused-ring (bicyclic) bond motifs is 2. The first-order chi connectivity index (χ1) is 17.6. The summed E-state index contributed by atoms with van der Waals surface area (Å²) in [5, 5.41) is 1.20. The topological polar surface area (TPSA) is 56.3 Å². The first-order valence-electron chi connectivity index (χ1n) is 12.5. The molecular weight excluding hydrogens is 454 g/mol. The van der Waals surface area contributed by atoms with Crippen molar-refractivity contribution < 1.29 is 18.9 Å². The summed E-state index contributed by atoms with van der Waals surface area (Å²) in [4.78, 5) is 9.44. The third kappa shape index (κ3) is 5.05. The van der Waals surface area contributed by atoms with Gasteiger partial charge >= 0.3 is 0 Å². The highest BCUT2D eigenvalue weighted by atomic mass is 16.5. The van der Waals surface area contributed by atoms with Gasteiger partial charge in [-0.25, -0.2) is 0 Å². The molecule has 2 unspecified atom stereocenters. The Balaban J connectivity index is 1.19. The fourth-order valence-electron chi connectivity index (χ4n) is 5.27. The first-order valence-corrected chi connectivity index (χ1v) is 12.5. The number of benzene rings is 2. The van der Waals surface area contributed by atoms with E-state index in [9.17, 15) is 0 Å². The van der Waals surface area contributed by atoms with Crippen molar-refractivity contribution in [3.8, 4) is 17.2 Å². The molecule has 0 spiro atoms. The van der Waals surface area contributed by atoms with Crippen LogP contribution in [0.5, 0.6) is 17.2 Å². The van der Waals surface area contributed by atoms with Crippen molar-refractivity contribution in [3.05, 3.63) is 66.4 Å². The third-order valence-electron chi connectivity index (χ3n) is 7.43. The second-order valence-electron chi connectivity index (χ2n) is 9.53. The molecule has 2 aromatic carbocycles. The minimum absolute atomic E-state index is 0.00159. The van der Waals surface area contributed by atoms with Crippen molar-refractivity contribution in [2.45, 2.75) is 12.6 Å². The van der Waals surface area contributed by atoms with Gasteiger partial charge < -0.3 is 18.9 Å². The lowest BCUT2D eigenvalue weighted by atomic mass is 9.86. The molecule has 2 aliphatic heterocycles. The van der Waals surface area contributed by atoms with E-state index < -0.39 is 0 Å². The van der Waals surface area contributed by atoms with Gasteiger partial charge in [0.05, 0.1) is 32.4 Å². The van der Waals surface area contributed by atoms with Crippen LogP contribution in [0.4, 0.5) is 0 Å². The molecule has 0 amide bonds. The summed E-state index contributed by atoms with van der Waals surface area (Å²) in [7, 11) is 5.06. The van der Waals surface area contributed by atoms with Crippen molar-refractivity contribution in [3.63, 3.8) is 0 Å². The fourth-order valence-corrected chi connectivity index (χ4v) is 5.27. The molecule has 2 atom stereocenters. The minimum Gasteiger partial charge on any atom is -0.493 e. The molecule has 0 bridgehead atoms. The Morgan fingerprint density at radius 1 is 1.00 bits per heavy atom.